The summed E-state index contributed by atoms with van der Waals surface area (Å²) in [6.45, 7) is 1.78. The van der Waals surface area contributed by atoms with E-state index in [4.69, 9.17) is 5.73 Å². The summed E-state index contributed by atoms with van der Waals surface area (Å²) in [7, 11) is 0. The number of nitrogens with two attached hydrogens (primary N) is 1. The van der Waals surface area contributed by atoms with Crippen molar-refractivity contribution in [3.8, 4) is 5.75 Å². The number of aromatic hydroxyl groups is 1. The van der Waals surface area contributed by atoms with Crippen LogP contribution in [0.1, 0.15) is 46.8 Å². The third-order valence-electron chi connectivity index (χ3n) is 3.32. The van der Waals surface area contributed by atoms with Crippen LogP contribution in [0.25, 0.3) is 0 Å². The molecule has 16 heavy (non-hydrogen) atoms. The smallest absolute Gasteiger partial charge is 0.163 e. The molecular formula is C13H17NO2. The Morgan fingerprint density at radius 2 is 2.12 bits per heavy atom. The van der Waals surface area contributed by atoms with Crippen molar-refractivity contribution in [3.05, 3.63) is 28.3 Å². The number of fused-ring (bicyclic) bond motifs is 1. The second-order valence-corrected chi connectivity index (χ2v) is 4.36. The molecule has 3 heteroatoms. The van der Waals surface area contributed by atoms with Gasteiger partial charge in [0.05, 0.1) is 5.56 Å². The Bertz CT molecular complexity index is 438. The lowest BCUT2D eigenvalue weighted by Crippen LogP contribution is -2.12. The molecule has 0 heterocycles. The van der Waals surface area contributed by atoms with Gasteiger partial charge in [-0.25, -0.2) is 0 Å². The quantitative estimate of drug-likeness (QED) is 0.747. The van der Waals surface area contributed by atoms with Crippen LogP contribution in [0, 0.1) is 0 Å². The first-order valence-corrected chi connectivity index (χ1v) is 5.72. The molecule has 86 valence electrons. The van der Waals surface area contributed by atoms with Gasteiger partial charge in [-0.3, -0.25) is 4.79 Å². The molecule has 0 amide bonds. The van der Waals surface area contributed by atoms with Crippen LogP contribution in [0.3, 0.4) is 0 Å². The van der Waals surface area contributed by atoms with Gasteiger partial charge in [0.2, 0.25) is 0 Å². The standard InChI is InChI=1S/C13H17NO2/c1-8(15)11-6-9-4-2-3-5-10(9)12(7-14)13(11)16/h6,16H,2-5,7,14H2,1H3. The van der Waals surface area contributed by atoms with Crippen molar-refractivity contribution in [2.24, 2.45) is 5.73 Å². The summed E-state index contributed by atoms with van der Waals surface area (Å²) < 4.78 is 0. The van der Waals surface area contributed by atoms with E-state index in [1.54, 1.807) is 0 Å². The van der Waals surface area contributed by atoms with Gasteiger partial charge in [0, 0.05) is 12.1 Å². The van der Waals surface area contributed by atoms with E-state index in [1.807, 2.05) is 6.07 Å². The lowest BCUT2D eigenvalue weighted by Gasteiger charge is -2.21. The highest BCUT2D eigenvalue weighted by Gasteiger charge is 2.20. The normalized spacial score (nSPS) is 14.6. The van der Waals surface area contributed by atoms with Gasteiger partial charge in [-0.15, -0.1) is 0 Å². The molecule has 2 rings (SSSR count). The SMILES string of the molecule is CC(=O)c1cc2c(c(CN)c1O)CCCC2. The van der Waals surface area contributed by atoms with E-state index in [-0.39, 0.29) is 11.5 Å². The Balaban J connectivity index is 2.64. The van der Waals surface area contributed by atoms with Crippen LogP contribution >= 0.6 is 0 Å². The molecule has 0 aliphatic heterocycles. The molecule has 0 fully saturated rings. The minimum atomic E-state index is -0.0967. The van der Waals surface area contributed by atoms with Gasteiger partial charge in [0.15, 0.2) is 5.78 Å². The second kappa shape index (κ2) is 4.26. The summed E-state index contributed by atoms with van der Waals surface area (Å²) >= 11 is 0. The van der Waals surface area contributed by atoms with E-state index in [0.29, 0.717) is 12.1 Å². The van der Waals surface area contributed by atoms with Gasteiger partial charge < -0.3 is 10.8 Å². The molecule has 1 aromatic rings. The largest absolute Gasteiger partial charge is 0.507 e. The Labute approximate surface area is 95.3 Å². The van der Waals surface area contributed by atoms with Crippen LogP contribution in [-0.4, -0.2) is 10.9 Å². The average Bonchev–Trinajstić information content (AvgIpc) is 2.28. The molecule has 1 aliphatic carbocycles. The molecule has 0 atom stereocenters. The number of aryl methyl sites for hydroxylation is 1. The van der Waals surface area contributed by atoms with Crippen LogP contribution in [0.15, 0.2) is 6.07 Å². The molecule has 0 radical (unpaired) electrons. The molecule has 0 saturated carbocycles. The summed E-state index contributed by atoms with van der Waals surface area (Å²) in [4.78, 5) is 11.4. The fraction of sp³-hybridized carbons (Fsp3) is 0.462. The van der Waals surface area contributed by atoms with Gasteiger partial charge in [-0.1, -0.05) is 0 Å². The van der Waals surface area contributed by atoms with E-state index >= 15 is 0 Å². The third-order valence-corrected chi connectivity index (χ3v) is 3.32. The maximum atomic E-state index is 11.4. The van der Waals surface area contributed by atoms with Gasteiger partial charge in [0.25, 0.3) is 0 Å². The Hall–Kier alpha value is -1.35. The third kappa shape index (κ3) is 1.71. The molecule has 1 aromatic carbocycles. The Morgan fingerprint density at radius 3 is 2.75 bits per heavy atom. The van der Waals surface area contributed by atoms with Crippen LogP contribution in [0.2, 0.25) is 0 Å². The van der Waals surface area contributed by atoms with Crippen molar-refractivity contribution in [2.45, 2.75) is 39.2 Å². The fourth-order valence-corrected chi connectivity index (χ4v) is 2.47. The maximum absolute atomic E-state index is 11.4. The number of ketones is 1. The first kappa shape index (κ1) is 11.1. The van der Waals surface area contributed by atoms with Crippen molar-refractivity contribution in [3.63, 3.8) is 0 Å². The van der Waals surface area contributed by atoms with E-state index in [2.05, 4.69) is 0 Å². The summed E-state index contributed by atoms with van der Waals surface area (Å²) in [6, 6.07) is 1.84. The second-order valence-electron chi connectivity index (χ2n) is 4.36. The monoisotopic (exact) mass is 219 g/mol. The summed E-state index contributed by atoms with van der Waals surface area (Å²) in [6.07, 6.45) is 4.24. The van der Waals surface area contributed by atoms with Gasteiger partial charge in [-0.05, 0) is 49.8 Å². The van der Waals surface area contributed by atoms with Gasteiger partial charge in [-0.2, -0.15) is 0 Å². The van der Waals surface area contributed by atoms with Crippen LogP contribution in [-0.2, 0) is 19.4 Å². The minimum Gasteiger partial charge on any atom is -0.507 e. The van der Waals surface area contributed by atoms with Gasteiger partial charge >= 0.3 is 0 Å². The number of carbonyl (C=O) groups is 1. The zero-order valence-corrected chi connectivity index (χ0v) is 9.55. The zero-order chi connectivity index (χ0) is 11.7. The van der Waals surface area contributed by atoms with E-state index < -0.39 is 0 Å². The Morgan fingerprint density at radius 1 is 1.44 bits per heavy atom. The lowest BCUT2D eigenvalue weighted by atomic mass is 9.85. The molecule has 0 aromatic heterocycles. The molecule has 0 unspecified atom stereocenters. The highest BCUT2D eigenvalue weighted by atomic mass is 16.3. The molecule has 3 N–H and O–H groups in total. The predicted molar refractivity (Wildman–Crippen MR) is 62.6 cm³/mol. The number of hydrogen-bond acceptors (Lipinski definition) is 3. The number of benzene rings is 1. The minimum absolute atomic E-state index is 0.0932. The summed E-state index contributed by atoms with van der Waals surface area (Å²) in [5.41, 5.74) is 9.21. The number of Topliss-reactive ketones (excluding diaryl/α,β-unsaturated/α-hetero) is 1. The highest BCUT2D eigenvalue weighted by Crippen LogP contribution is 2.33. The first-order chi connectivity index (χ1) is 7.65. The van der Waals surface area contributed by atoms with E-state index in [1.165, 1.54) is 12.5 Å². The molecule has 0 bridgehead atoms. The lowest BCUT2D eigenvalue weighted by molar-refractivity contribution is 0.101. The molecular weight excluding hydrogens is 202 g/mol. The zero-order valence-electron chi connectivity index (χ0n) is 9.55. The first-order valence-electron chi connectivity index (χ1n) is 5.72. The molecule has 3 nitrogen and oxygen atoms in total. The van der Waals surface area contributed by atoms with Crippen LogP contribution in [0.5, 0.6) is 5.75 Å². The topological polar surface area (TPSA) is 63.3 Å². The summed E-state index contributed by atoms with van der Waals surface area (Å²) in [5.74, 6) is -0.00350. The number of phenols is 1. The van der Waals surface area contributed by atoms with Crippen molar-refractivity contribution in [2.75, 3.05) is 0 Å². The Kier molecular flexibility index (Phi) is 2.97. The predicted octanol–water partition coefficient (Wildman–Crippen LogP) is 1.93. The van der Waals surface area contributed by atoms with Crippen molar-refractivity contribution in [1.82, 2.24) is 0 Å². The van der Waals surface area contributed by atoms with Crippen molar-refractivity contribution in [1.29, 1.82) is 0 Å². The number of hydrogen-bond donors (Lipinski definition) is 2. The molecule has 0 saturated heterocycles. The highest BCUT2D eigenvalue weighted by molar-refractivity contribution is 5.97. The average molecular weight is 219 g/mol. The van der Waals surface area contributed by atoms with E-state index in [9.17, 15) is 9.90 Å². The summed E-state index contributed by atoms with van der Waals surface area (Å²) in [5, 5.41) is 10.0. The van der Waals surface area contributed by atoms with Crippen LogP contribution < -0.4 is 5.73 Å². The number of carbonyl (C=O) groups excluding carboxylic acids is 1. The van der Waals surface area contributed by atoms with E-state index in [0.717, 1.165) is 36.8 Å². The number of phenolic OH excluding ortho intramolecular Hbond substituents is 1. The maximum Gasteiger partial charge on any atom is 0.163 e. The fourth-order valence-electron chi connectivity index (χ4n) is 2.47. The molecule has 0 spiro atoms. The van der Waals surface area contributed by atoms with Gasteiger partial charge in [0.1, 0.15) is 5.75 Å². The molecule has 1 aliphatic rings. The van der Waals surface area contributed by atoms with Crippen LogP contribution in [0.4, 0.5) is 0 Å². The van der Waals surface area contributed by atoms with Crippen molar-refractivity contribution >= 4 is 5.78 Å². The number of rotatable bonds is 2. The van der Waals surface area contributed by atoms with Crippen molar-refractivity contribution < 1.29 is 9.90 Å².